The molecule has 2 atom stereocenters. The Hall–Kier alpha value is -1.36. The van der Waals surface area contributed by atoms with Crippen molar-refractivity contribution in [3.8, 4) is 0 Å². The Balaban J connectivity index is 2.05. The van der Waals surface area contributed by atoms with Crippen molar-refractivity contribution in [1.29, 1.82) is 0 Å². The maximum atomic E-state index is 5.85. The Bertz CT molecular complexity index is 420. The Morgan fingerprint density at radius 2 is 2.26 bits per heavy atom. The van der Waals surface area contributed by atoms with E-state index in [0.717, 1.165) is 44.0 Å². The molecular formula is C14H25N5. The smallest absolute Gasteiger partial charge is 0.133 e. The van der Waals surface area contributed by atoms with E-state index in [2.05, 4.69) is 41.1 Å². The first-order valence-corrected chi connectivity index (χ1v) is 7.17. The van der Waals surface area contributed by atoms with Gasteiger partial charge in [-0.05, 0) is 32.4 Å². The highest BCUT2D eigenvalue weighted by atomic mass is 15.1. The number of nitrogen functional groups attached to an aromatic ring is 1. The van der Waals surface area contributed by atoms with Crippen molar-refractivity contribution in [2.24, 2.45) is 5.92 Å². The van der Waals surface area contributed by atoms with E-state index in [0.29, 0.717) is 17.8 Å². The molecule has 0 spiro atoms. The molecule has 3 N–H and O–H groups in total. The van der Waals surface area contributed by atoms with Gasteiger partial charge in [-0.25, -0.2) is 9.97 Å². The van der Waals surface area contributed by atoms with Crippen LogP contribution in [0.4, 0.5) is 11.6 Å². The number of hydrogen-bond acceptors (Lipinski definition) is 5. The van der Waals surface area contributed by atoms with Crippen LogP contribution in [0.5, 0.6) is 0 Å². The number of aryl methyl sites for hydroxylation is 1. The van der Waals surface area contributed by atoms with Crippen molar-refractivity contribution in [2.45, 2.75) is 39.2 Å². The third-order valence-electron chi connectivity index (χ3n) is 3.71. The summed E-state index contributed by atoms with van der Waals surface area (Å²) >= 11 is 0. The molecule has 1 aliphatic heterocycles. The van der Waals surface area contributed by atoms with Gasteiger partial charge in [0.05, 0.1) is 0 Å². The predicted molar refractivity (Wildman–Crippen MR) is 79.1 cm³/mol. The number of nitrogens with zero attached hydrogens (tertiary/aromatic N) is 3. The van der Waals surface area contributed by atoms with Gasteiger partial charge in [0.2, 0.25) is 0 Å². The molecule has 0 saturated carbocycles. The van der Waals surface area contributed by atoms with Crippen LogP contribution in [0.25, 0.3) is 0 Å². The second-order valence-electron chi connectivity index (χ2n) is 5.62. The van der Waals surface area contributed by atoms with E-state index in [1.54, 1.807) is 0 Å². The van der Waals surface area contributed by atoms with E-state index in [9.17, 15) is 0 Å². The topological polar surface area (TPSA) is 67.1 Å². The molecule has 1 aromatic heterocycles. The summed E-state index contributed by atoms with van der Waals surface area (Å²) in [6.07, 6.45) is 3.06. The van der Waals surface area contributed by atoms with Crippen LogP contribution in [0.2, 0.25) is 0 Å². The zero-order valence-electron chi connectivity index (χ0n) is 12.2. The van der Waals surface area contributed by atoms with Crippen molar-refractivity contribution in [3.05, 3.63) is 11.9 Å². The van der Waals surface area contributed by atoms with E-state index in [1.807, 2.05) is 6.07 Å². The van der Waals surface area contributed by atoms with Crippen molar-refractivity contribution < 1.29 is 0 Å². The Morgan fingerprint density at radius 3 is 2.95 bits per heavy atom. The summed E-state index contributed by atoms with van der Waals surface area (Å²) in [6, 6.07) is 2.31. The molecule has 1 aliphatic rings. The quantitative estimate of drug-likeness (QED) is 0.866. The van der Waals surface area contributed by atoms with Gasteiger partial charge < -0.3 is 16.0 Å². The molecular weight excluding hydrogens is 238 g/mol. The van der Waals surface area contributed by atoms with Crippen LogP contribution < -0.4 is 11.1 Å². The minimum Gasteiger partial charge on any atom is -0.384 e. The summed E-state index contributed by atoms with van der Waals surface area (Å²) in [5.74, 6) is 2.88. The average molecular weight is 263 g/mol. The van der Waals surface area contributed by atoms with Crippen LogP contribution in [-0.4, -0.2) is 41.0 Å². The number of nitrogens with one attached hydrogen (secondary N) is 1. The van der Waals surface area contributed by atoms with Gasteiger partial charge in [-0.3, -0.25) is 0 Å². The molecule has 2 rings (SSSR count). The molecule has 0 aliphatic carbocycles. The summed E-state index contributed by atoms with van der Waals surface area (Å²) < 4.78 is 0. The maximum Gasteiger partial charge on any atom is 0.133 e. The lowest BCUT2D eigenvalue weighted by Crippen LogP contribution is -2.43. The Labute approximate surface area is 115 Å². The molecule has 0 aromatic carbocycles. The fourth-order valence-corrected chi connectivity index (χ4v) is 2.69. The highest BCUT2D eigenvalue weighted by molar-refractivity contribution is 5.45. The SMILES string of the molecule is CCCc1nc(N)cc(NC2CCN(C)CC2C)n1. The van der Waals surface area contributed by atoms with Gasteiger partial charge >= 0.3 is 0 Å². The van der Waals surface area contributed by atoms with Gasteiger partial charge in [0.25, 0.3) is 0 Å². The number of likely N-dealkylation sites (tertiary alicyclic amines) is 1. The lowest BCUT2D eigenvalue weighted by atomic mass is 9.94. The molecule has 106 valence electrons. The Morgan fingerprint density at radius 1 is 1.47 bits per heavy atom. The van der Waals surface area contributed by atoms with Gasteiger partial charge in [-0.2, -0.15) is 0 Å². The van der Waals surface area contributed by atoms with Gasteiger partial charge in [-0.15, -0.1) is 0 Å². The first-order valence-electron chi connectivity index (χ1n) is 7.17. The summed E-state index contributed by atoms with van der Waals surface area (Å²) in [6.45, 7) is 6.66. The van der Waals surface area contributed by atoms with Crippen molar-refractivity contribution >= 4 is 11.6 Å². The predicted octanol–water partition coefficient (Wildman–Crippen LogP) is 1.76. The average Bonchev–Trinajstić information content (AvgIpc) is 2.32. The minimum absolute atomic E-state index is 0.472. The van der Waals surface area contributed by atoms with E-state index < -0.39 is 0 Å². The van der Waals surface area contributed by atoms with Crippen LogP contribution in [-0.2, 0) is 6.42 Å². The number of nitrogens with two attached hydrogens (primary N) is 1. The zero-order valence-corrected chi connectivity index (χ0v) is 12.2. The maximum absolute atomic E-state index is 5.85. The molecule has 2 heterocycles. The summed E-state index contributed by atoms with van der Waals surface area (Å²) in [7, 11) is 2.18. The fourth-order valence-electron chi connectivity index (χ4n) is 2.69. The number of anilines is 2. The van der Waals surface area contributed by atoms with E-state index in [1.165, 1.54) is 0 Å². The summed E-state index contributed by atoms with van der Waals surface area (Å²) in [4.78, 5) is 11.2. The van der Waals surface area contributed by atoms with Gasteiger partial charge in [0, 0.05) is 25.1 Å². The molecule has 1 aromatic rings. The molecule has 19 heavy (non-hydrogen) atoms. The van der Waals surface area contributed by atoms with Crippen LogP contribution in [0.15, 0.2) is 6.07 Å². The Kier molecular flexibility index (Phi) is 4.58. The monoisotopic (exact) mass is 263 g/mol. The van der Waals surface area contributed by atoms with Crippen LogP contribution >= 0.6 is 0 Å². The third-order valence-corrected chi connectivity index (χ3v) is 3.71. The summed E-state index contributed by atoms with van der Waals surface area (Å²) in [5.41, 5.74) is 5.85. The van der Waals surface area contributed by atoms with E-state index in [4.69, 9.17) is 5.73 Å². The number of hydrogen-bond donors (Lipinski definition) is 2. The van der Waals surface area contributed by atoms with Crippen molar-refractivity contribution in [2.75, 3.05) is 31.2 Å². The van der Waals surface area contributed by atoms with E-state index >= 15 is 0 Å². The highest BCUT2D eigenvalue weighted by Gasteiger charge is 2.24. The third kappa shape index (κ3) is 3.80. The molecule has 0 amide bonds. The molecule has 5 nitrogen and oxygen atoms in total. The van der Waals surface area contributed by atoms with Crippen LogP contribution in [0.3, 0.4) is 0 Å². The van der Waals surface area contributed by atoms with Gasteiger partial charge in [0.1, 0.15) is 17.5 Å². The van der Waals surface area contributed by atoms with Crippen LogP contribution in [0.1, 0.15) is 32.5 Å². The lowest BCUT2D eigenvalue weighted by Gasteiger charge is -2.35. The first-order chi connectivity index (χ1) is 9.08. The summed E-state index contributed by atoms with van der Waals surface area (Å²) in [5, 5.41) is 3.53. The fraction of sp³-hybridized carbons (Fsp3) is 0.714. The minimum atomic E-state index is 0.472. The zero-order chi connectivity index (χ0) is 13.8. The largest absolute Gasteiger partial charge is 0.384 e. The van der Waals surface area contributed by atoms with Crippen molar-refractivity contribution in [3.63, 3.8) is 0 Å². The molecule has 0 bridgehead atoms. The van der Waals surface area contributed by atoms with Crippen LogP contribution in [0, 0.1) is 5.92 Å². The van der Waals surface area contributed by atoms with Gasteiger partial charge in [0.15, 0.2) is 0 Å². The first kappa shape index (κ1) is 14.1. The second kappa shape index (κ2) is 6.19. The molecule has 0 radical (unpaired) electrons. The molecule has 1 fully saturated rings. The molecule has 2 unspecified atom stereocenters. The number of rotatable bonds is 4. The number of piperidine rings is 1. The molecule has 1 saturated heterocycles. The second-order valence-corrected chi connectivity index (χ2v) is 5.62. The van der Waals surface area contributed by atoms with Gasteiger partial charge in [-0.1, -0.05) is 13.8 Å². The normalized spacial score (nSPS) is 24.4. The van der Waals surface area contributed by atoms with Crippen molar-refractivity contribution in [1.82, 2.24) is 14.9 Å². The number of aromatic nitrogens is 2. The highest BCUT2D eigenvalue weighted by Crippen LogP contribution is 2.20. The molecule has 5 heteroatoms. The van der Waals surface area contributed by atoms with E-state index in [-0.39, 0.29) is 0 Å². The lowest BCUT2D eigenvalue weighted by molar-refractivity contribution is 0.206. The standard InChI is InChI=1S/C14H25N5/c1-4-5-13-17-12(15)8-14(18-13)16-11-6-7-19(3)9-10(11)2/h8,10-11H,4-7,9H2,1-3H3,(H3,15,16,17,18).